The summed E-state index contributed by atoms with van der Waals surface area (Å²) in [5.41, 5.74) is -0.994. The van der Waals surface area contributed by atoms with Crippen LogP contribution in [0.2, 0.25) is 5.02 Å². The van der Waals surface area contributed by atoms with Gasteiger partial charge in [0.05, 0.1) is 29.5 Å². The van der Waals surface area contributed by atoms with Gasteiger partial charge in [0.25, 0.3) is 5.91 Å². The second-order valence-electron chi connectivity index (χ2n) is 16.2. The number of benzene rings is 3. The molecule has 1 aliphatic carbocycles. The van der Waals surface area contributed by atoms with Crippen LogP contribution in [0.15, 0.2) is 54.6 Å². The lowest BCUT2D eigenvalue weighted by atomic mass is 9.92. The molecule has 1 unspecified atom stereocenters. The van der Waals surface area contributed by atoms with E-state index in [1.54, 1.807) is 49.1 Å². The van der Waals surface area contributed by atoms with Crippen molar-refractivity contribution in [2.45, 2.75) is 95.4 Å². The monoisotopic (exact) mass is 863 g/mol. The molecule has 3 N–H and O–H groups in total. The molecule has 1 saturated carbocycles. The standard InChI is InChI=1S/C43H45ClF3N7O5S/c1-4-26-19-32(54-40(60)53(39(58)41(54,2)3)31-6-5-27(24-48)33(23-31)43(45,46)47)7-9-35(26)59-18-13-25-11-16-52(17-12-25)42(14-15-42)38(57)50-30-21-28(44)20-29(22-30)49-34-8-10-36(55)51-37(34)56/h5-7,9,19-23,25,34,49H,4,8,10-18H2,1-3H3,(H,50,57)(H,51,55,56). The zero-order valence-corrected chi connectivity index (χ0v) is 35.0. The van der Waals surface area contributed by atoms with Gasteiger partial charge in [-0.05, 0) is 150 Å². The molecule has 60 heavy (non-hydrogen) atoms. The predicted octanol–water partition coefficient (Wildman–Crippen LogP) is 7.58. The Labute approximate surface area is 356 Å². The molecule has 4 fully saturated rings. The van der Waals surface area contributed by atoms with Crippen LogP contribution in [0, 0.1) is 17.2 Å². The molecule has 3 aromatic rings. The fraction of sp³-hybridized carbons (Fsp3) is 0.442. The number of rotatable bonds is 12. The van der Waals surface area contributed by atoms with Crippen molar-refractivity contribution in [3.05, 3.63) is 76.3 Å². The van der Waals surface area contributed by atoms with Gasteiger partial charge in [-0.1, -0.05) is 18.5 Å². The number of thiocarbonyl (C=S) groups is 1. The van der Waals surface area contributed by atoms with E-state index in [-0.39, 0.29) is 29.0 Å². The number of nitriles is 1. The summed E-state index contributed by atoms with van der Waals surface area (Å²) >= 11 is 12.1. The summed E-state index contributed by atoms with van der Waals surface area (Å²) in [6.07, 6.45) is 0.559. The van der Waals surface area contributed by atoms with Gasteiger partial charge in [-0.25, -0.2) is 0 Å². The maximum absolute atomic E-state index is 13.8. The van der Waals surface area contributed by atoms with Crippen molar-refractivity contribution in [1.29, 1.82) is 5.26 Å². The topological polar surface area (TPSA) is 147 Å². The molecule has 0 radical (unpaired) electrons. The summed E-state index contributed by atoms with van der Waals surface area (Å²) in [7, 11) is 0. The molecule has 3 aliphatic heterocycles. The van der Waals surface area contributed by atoms with Gasteiger partial charge >= 0.3 is 6.18 Å². The van der Waals surface area contributed by atoms with Crippen LogP contribution in [-0.2, 0) is 31.8 Å². The molecule has 4 amide bonds. The third-order valence-electron chi connectivity index (χ3n) is 11.9. The average molecular weight is 864 g/mol. The van der Waals surface area contributed by atoms with Crippen LogP contribution in [0.25, 0.3) is 0 Å². The number of imide groups is 1. The molecular formula is C43H45ClF3N7O5S. The van der Waals surface area contributed by atoms with Crippen LogP contribution in [0.4, 0.5) is 35.9 Å². The van der Waals surface area contributed by atoms with Crippen molar-refractivity contribution in [2.24, 2.45) is 5.92 Å². The molecule has 17 heteroatoms. The van der Waals surface area contributed by atoms with Gasteiger partial charge in [0.1, 0.15) is 22.9 Å². The van der Waals surface area contributed by atoms with Gasteiger partial charge in [-0.15, -0.1) is 0 Å². The maximum atomic E-state index is 13.8. The van der Waals surface area contributed by atoms with Gasteiger partial charge in [-0.2, -0.15) is 18.4 Å². The highest BCUT2D eigenvalue weighted by molar-refractivity contribution is 7.81. The molecule has 3 saturated heterocycles. The van der Waals surface area contributed by atoms with Crippen molar-refractivity contribution in [1.82, 2.24) is 10.2 Å². The van der Waals surface area contributed by atoms with Crippen molar-refractivity contribution in [2.75, 3.05) is 40.1 Å². The minimum Gasteiger partial charge on any atom is -0.493 e. The number of ether oxygens (including phenoxy) is 1. The molecule has 1 atom stereocenters. The summed E-state index contributed by atoms with van der Waals surface area (Å²) in [6, 6.07) is 14.7. The highest BCUT2D eigenvalue weighted by atomic mass is 35.5. The summed E-state index contributed by atoms with van der Waals surface area (Å²) in [4.78, 5) is 56.2. The number of halogens is 4. The number of alkyl halides is 3. The molecule has 3 heterocycles. The number of piperidine rings is 2. The van der Waals surface area contributed by atoms with Crippen LogP contribution in [0.5, 0.6) is 5.75 Å². The lowest BCUT2D eigenvalue weighted by Gasteiger charge is -2.37. The Morgan fingerprint density at radius 3 is 2.37 bits per heavy atom. The smallest absolute Gasteiger partial charge is 0.417 e. The first-order valence-electron chi connectivity index (χ1n) is 20.0. The van der Waals surface area contributed by atoms with Crippen LogP contribution in [0.3, 0.4) is 0 Å². The van der Waals surface area contributed by atoms with E-state index < -0.39 is 46.2 Å². The SMILES string of the molecule is CCc1cc(N2C(=S)N(c3ccc(C#N)c(C(F)(F)F)c3)C(=O)C2(C)C)ccc1OCCC1CCN(C2(C(=O)Nc3cc(Cl)cc(NC4CCC(=O)NC4=O)c3)CC2)CC1. The first-order chi connectivity index (χ1) is 28.4. The molecule has 12 nitrogen and oxygen atoms in total. The molecule has 7 rings (SSSR count). The highest BCUT2D eigenvalue weighted by Crippen LogP contribution is 2.45. The third kappa shape index (κ3) is 8.53. The first kappa shape index (κ1) is 42.9. The molecule has 0 aromatic heterocycles. The first-order valence-corrected chi connectivity index (χ1v) is 20.8. The van der Waals surface area contributed by atoms with Crippen molar-refractivity contribution < 1.29 is 37.1 Å². The summed E-state index contributed by atoms with van der Waals surface area (Å²) < 4.78 is 47.7. The van der Waals surface area contributed by atoms with Gasteiger partial charge in [-0.3, -0.25) is 34.3 Å². The van der Waals surface area contributed by atoms with E-state index in [0.29, 0.717) is 53.2 Å². The van der Waals surface area contributed by atoms with Gasteiger partial charge in [0.2, 0.25) is 17.7 Å². The van der Waals surface area contributed by atoms with Crippen molar-refractivity contribution in [3.63, 3.8) is 0 Å². The zero-order chi connectivity index (χ0) is 43.1. The predicted molar refractivity (Wildman–Crippen MR) is 225 cm³/mol. The largest absolute Gasteiger partial charge is 0.493 e. The minimum atomic E-state index is -4.80. The average Bonchev–Trinajstić information content (AvgIpc) is 3.99. The lowest BCUT2D eigenvalue weighted by Crippen LogP contribution is -2.50. The van der Waals surface area contributed by atoms with Gasteiger partial charge < -0.3 is 20.3 Å². The number of aryl methyl sites for hydroxylation is 1. The molecule has 0 spiro atoms. The minimum absolute atomic E-state index is 0.0216. The highest BCUT2D eigenvalue weighted by Gasteiger charge is 2.55. The molecular weight excluding hydrogens is 819 g/mol. The Balaban J connectivity index is 0.932. The third-order valence-corrected chi connectivity index (χ3v) is 12.5. The molecule has 0 bridgehead atoms. The molecule has 4 aliphatic rings. The Bertz CT molecular complexity index is 2290. The van der Waals surface area contributed by atoms with E-state index in [0.717, 1.165) is 67.8 Å². The fourth-order valence-corrected chi connectivity index (χ4v) is 9.15. The summed E-state index contributed by atoms with van der Waals surface area (Å²) in [5, 5.41) is 18.2. The fourth-order valence-electron chi connectivity index (χ4n) is 8.40. The number of hydrogen-bond acceptors (Lipinski definition) is 9. The van der Waals surface area contributed by atoms with Crippen molar-refractivity contribution >= 4 is 75.3 Å². The number of anilines is 4. The Morgan fingerprint density at radius 2 is 1.72 bits per heavy atom. The van der Waals surface area contributed by atoms with Gasteiger partial charge in [0.15, 0.2) is 5.11 Å². The second-order valence-corrected chi connectivity index (χ2v) is 17.0. The number of likely N-dealkylation sites (tertiary alicyclic amines) is 1. The van der Waals surface area contributed by atoms with E-state index in [1.807, 2.05) is 19.1 Å². The van der Waals surface area contributed by atoms with E-state index in [2.05, 4.69) is 20.9 Å². The van der Waals surface area contributed by atoms with Crippen LogP contribution >= 0.6 is 23.8 Å². The number of carbonyl (C=O) groups is 4. The van der Waals surface area contributed by atoms with Crippen LogP contribution in [-0.4, -0.2) is 70.5 Å². The summed E-state index contributed by atoms with van der Waals surface area (Å²) in [6.45, 7) is 7.32. The Hall–Kier alpha value is -5.24. The quantitative estimate of drug-likeness (QED) is 0.123. The summed E-state index contributed by atoms with van der Waals surface area (Å²) in [5.74, 6) is -0.196. The number of hydrogen-bond donors (Lipinski definition) is 3. The van der Waals surface area contributed by atoms with Crippen LogP contribution in [0.1, 0.15) is 82.4 Å². The number of carbonyl (C=O) groups excluding carboxylic acids is 4. The second kappa shape index (κ2) is 16.7. The van der Waals surface area contributed by atoms with Crippen molar-refractivity contribution in [3.8, 4) is 11.8 Å². The van der Waals surface area contributed by atoms with E-state index in [1.165, 1.54) is 6.07 Å². The normalized spacial score (nSPS) is 20.5. The lowest BCUT2D eigenvalue weighted by molar-refractivity contribution is -0.138. The zero-order valence-electron chi connectivity index (χ0n) is 33.4. The Morgan fingerprint density at radius 1 is 1.02 bits per heavy atom. The molecule has 3 aromatic carbocycles. The van der Waals surface area contributed by atoms with E-state index in [4.69, 9.17) is 28.6 Å². The van der Waals surface area contributed by atoms with E-state index >= 15 is 0 Å². The number of amides is 4. The van der Waals surface area contributed by atoms with Gasteiger partial charge in [0, 0.05) is 28.5 Å². The maximum Gasteiger partial charge on any atom is 0.417 e. The number of nitrogens with zero attached hydrogens (tertiary/aromatic N) is 4. The number of nitrogens with one attached hydrogen (secondary N) is 3. The Kier molecular flexibility index (Phi) is 11.9. The molecule has 316 valence electrons. The van der Waals surface area contributed by atoms with E-state index in [9.17, 15) is 37.6 Å². The van der Waals surface area contributed by atoms with Crippen LogP contribution < -0.4 is 30.5 Å².